The zero-order valence-electron chi connectivity index (χ0n) is 18.7. The van der Waals surface area contributed by atoms with Crippen LogP contribution < -0.4 is 5.32 Å². The van der Waals surface area contributed by atoms with Crippen molar-refractivity contribution in [2.24, 2.45) is 0 Å². The molecule has 0 radical (unpaired) electrons. The van der Waals surface area contributed by atoms with Crippen LogP contribution in [0.3, 0.4) is 0 Å². The van der Waals surface area contributed by atoms with Gasteiger partial charge in [-0.2, -0.15) is 13.2 Å². The van der Waals surface area contributed by atoms with Gasteiger partial charge in [0.05, 0.1) is 25.2 Å². The van der Waals surface area contributed by atoms with Crippen LogP contribution in [-0.4, -0.2) is 24.2 Å². The SMILES string of the molecule is COC(=O)Cc1cccc(Cc2ccc(C(F)(F)F)cc2CNC2Cc3ccccc3[C@@H]2O)c1. The molecule has 0 aliphatic heterocycles. The van der Waals surface area contributed by atoms with Crippen molar-refractivity contribution in [3.05, 3.63) is 106 Å². The lowest BCUT2D eigenvalue weighted by atomic mass is 9.95. The minimum atomic E-state index is -4.45. The molecule has 1 aliphatic carbocycles. The molecule has 1 unspecified atom stereocenters. The zero-order chi connectivity index (χ0) is 24.3. The van der Waals surface area contributed by atoms with Crippen molar-refractivity contribution in [3.8, 4) is 0 Å². The lowest BCUT2D eigenvalue weighted by molar-refractivity contribution is -0.140. The van der Waals surface area contributed by atoms with Gasteiger partial charge in [0.2, 0.25) is 0 Å². The van der Waals surface area contributed by atoms with Gasteiger partial charge in [-0.05, 0) is 58.4 Å². The number of rotatable bonds is 7. The van der Waals surface area contributed by atoms with E-state index in [4.69, 9.17) is 4.74 Å². The van der Waals surface area contributed by atoms with E-state index in [1.54, 1.807) is 0 Å². The van der Waals surface area contributed by atoms with E-state index in [1.165, 1.54) is 19.2 Å². The maximum atomic E-state index is 13.4. The van der Waals surface area contributed by atoms with Gasteiger partial charge in [-0.3, -0.25) is 4.79 Å². The van der Waals surface area contributed by atoms with Crippen molar-refractivity contribution in [2.45, 2.75) is 44.1 Å². The molecule has 2 N–H and O–H groups in total. The van der Waals surface area contributed by atoms with Crippen LogP contribution in [0.15, 0.2) is 66.7 Å². The van der Waals surface area contributed by atoms with E-state index in [1.807, 2.05) is 48.5 Å². The number of hydrogen-bond donors (Lipinski definition) is 2. The maximum Gasteiger partial charge on any atom is 0.416 e. The molecule has 3 aromatic carbocycles. The lowest BCUT2D eigenvalue weighted by Crippen LogP contribution is -2.32. The molecule has 0 saturated heterocycles. The first-order valence-corrected chi connectivity index (χ1v) is 11.1. The van der Waals surface area contributed by atoms with Gasteiger partial charge < -0.3 is 15.2 Å². The fraction of sp³-hybridized carbons (Fsp3) is 0.296. The van der Waals surface area contributed by atoms with E-state index >= 15 is 0 Å². The van der Waals surface area contributed by atoms with Crippen LogP contribution in [0, 0.1) is 0 Å². The summed E-state index contributed by atoms with van der Waals surface area (Å²) >= 11 is 0. The molecule has 0 heterocycles. The Hall–Kier alpha value is -3.16. The Balaban J connectivity index is 1.55. The quantitative estimate of drug-likeness (QED) is 0.490. The van der Waals surface area contributed by atoms with Gasteiger partial charge in [0.25, 0.3) is 0 Å². The molecular weight excluding hydrogens is 443 g/mol. The van der Waals surface area contributed by atoms with Gasteiger partial charge in [-0.15, -0.1) is 0 Å². The van der Waals surface area contributed by atoms with Gasteiger partial charge in [0.1, 0.15) is 0 Å². The summed E-state index contributed by atoms with van der Waals surface area (Å²) in [6, 6.07) is 18.5. The Kier molecular flexibility index (Phi) is 7.05. The molecule has 1 aliphatic rings. The third-order valence-electron chi connectivity index (χ3n) is 6.25. The van der Waals surface area contributed by atoms with Crippen LogP contribution >= 0.6 is 0 Å². The van der Waals surface area contributed by atoms with Crippen molar-refractivity contribution in [1.29, 1.82) is 0 Å². The van der Waals surface area contributed by atoms with Gasteiger partial charge >= 0.3 is 12.1 Å². The number of nitrogens with one attached hydrogen (secondary N) is 1. The van der Waals surface area contributed by atoms with E-state index in [0.29, 0.717) is 18.4 Å². The highest BCUT2D eigenvalue weighted by Gasteiger charge is 2.32. The van der Waals surface area contributed by atoms with E-state index in [9.17, 15) is 23.1 Å². The average molecular weight is 470 g/mol. The topological polar surface area (TPSA) is 58.6 Å². The third kappa shape index (κ3) is 5.48. The van der Waals surface area contributed by atoms with E-state index in [2.05, 4.69) is 5.32 Å². The maximum absolute atomic E-state index is 13.4. The highest BCUT2D eigenvalue weighted by atomic mass is 19.4. The Labute approximate surface area is 196 Å². The largest absolute Gasteiger partial charge is 0.469 e. The number of methoxy groups -OCH3 is 1. The van der Waals surface area contributed by atoms with E-state index in [-0.39, 0.29) is 25.0 Å². The van der Waals surface area contributed by atoms with Crippen molar-refractivity contribution in [2.75, 3.05) is 7.11 Å². The number of aliphatic hydroxyl groups is 1. The summed E-state index contributed by atoms with van der Waals surface area (Å²) in [5.74, 6) is -0.354. The fourth-order valence-corrected chi connectivity index (χ4v) is 4.45. The molecule has 7 heteroatoms. The molecule has 0 bridgehead atoms. The minimum absolute atomic E-state index is 0.131. The first kappa shape index (κ1) is 24.0. The number of halogens is 3. The van der Waals surface area contributed by atoms with Crippen LogP contribution in [0.2, 0.25) is 0 Å². The molecule has 178 valence electrons. The number of aliphatic hydroxyl groups excluding tert-OH is 1. The standard InChI is InChI=1S/C27H26F3NO3/c1-34-25(32)13-18-6-4-5-17(11-18)12-19-9-10-22(27(28,29)30)14-21(19)16-31-24-15-20-7-2-3-8-23(20)26(24)33/h2-11,14,24,26,31,33H,12-13,15-16H2,1H3/t24?,26-/m0/s1. The zero-order valence-corrected chi connectivity index (χ0v) is 18.7. The smallest absolute Gasteiger partial charge is 0.416 e. The number of alkyl halides is 3. The number of ether oxygens (including phenoxy) is 1. The van der Waals surface area contributed by atoms with Crippen molar-refractivity contribution >= 4 is 5.97 Å². The Morgan fingerprint density at radius 2 is 1.79 bits per heavy atom. The number of carbonyl (C=O) groups is 1. The monoisotopic (exact) mass is 469 g/mol. The Bertz CT molecular complexity index is 1180. The second kappa shape index (κ2) is 9.99. The van der Waals surface area contributed by atoms with Gasteiger partial charge in [-0.25, -0.2) is 0 Å². The van der Waals surface area contributed by atoms with Crippen molar-refractivity contribution in [1.82, 2.24) is 5.32 Å². The molecule has 0 amide bonds. The molecule has 0 fully saturated rings. The van der Waals surface area contributed by atoms with Crippen LogP contribution in [0.25, 0.3) is 0 Å². The second-order valence-corrected chi connectivity index (χ2v) is 8.57. The van der Waals surface area contributed by atoms with E-state index in [0.717, 1.165) is 33.9 Å². The molecular formula is C27H26F3NO3. The summed E-state index contributed by atoms with van der Waals surface area (Å²) in [5, 5.41) is 13.9. The second-order valence-electron chi connectivity index (χ2n) is 8.57. The summed E-state index contributed by atoms with van der Waals surface area (Å²) in [6.45, 7) is 0.191. The van der Waals surface area contributed by atoms with Crippen LogP contribution in [0.5, 0.6) is 0 Å². The number of esters is 1. The van der Waals surface area contributed by atoms with Crippen LogP contribution in [0.1, 0.15) is 45.0 Å². The summed E-state index contributed by atoms with van der Waals surface area (Å²) in [5.41, 5.74) is 4.13. The van der Waals surface area contributed by atoms with E-state index < -0.39 is 17.8 Å². The molecule has 4 nitrogen and oxygen atoms in total. The highest BCUT2D eigenvalue weighted by Crippen LogP contribution is 2.33. The number of fused-ring (bicyclic) bond motifs is 1. The summed E-state index contributed by atoms with van der Waals surface area (Å²) in [4.78, 5) is 11.6. The van der Waals surface area contributed by atoms with Crippen LogP contribution in [-0.2, 0) is 41.5 Å². The molecule has 34 heavy (non-hydrogen) atoms. The predicted octanol–water partition coefficient (Wildman–Crippen LogP) is 4.76. The van der Waals surface area contributed by atoms with Crippen LogP contribution in [0.4, 0.5) is 13.2 Å². The number of benzene rings is 3. The molecule has 0 aromatic heterocycles. The molecule has 0 spiro atoms. The first-order chi connectivity index (χ1) is 16.2. The molecule has 2 atom stereocenters. The normalized spacial score (nSPS) is 17.4. The molecule has 4 rings (SSSR count). The lowest BCUT2D eigenvalue weighted by Gasteiger charge is -2.20. The number of carbonyl (C=O) groups excluding carboxylic acids is 1. The third-order valence-corrected chi connectivity index (χ3v) is 6.25. The molecule has 3 aromatic rings. The van der Waals surface area contributed by atoms with Crippen molar-refractivity contribution < 1.29 is 27.8 Å². The van der Waals surface area contributed by atoms with Crippen molar-refractivity contribution in [3.63, 3.8) is 0 Å². The Morgan fingerprint density at radius 3 is 2.53 bits per heavy atom. The summed E-state index contributed by atoms with van der Waals surface area (Å²) in [7, 11) is 1.33. The van der Waals surface area contributed by atoms with Gasteiger partial charge in [0.15, 0.2) is 0 Å². The molecule has 0 saturated carbocycles. The fourth-order valence-electron chi connectivity index (χ4n) is 4.45. The van der Waals surface area contributed by atoms with Gasteiger partial charge in [-0.1, -0.05) is 54.6 Å². The average Bonchev–Trinajstić information content (AvgIpc) is 3.13. The number of hydrogen-bond acceptors (Lipinski definition) is 4. The first-order valence-electron chi connectivity index (χ1n) is 11.1. The predicted molar refractivity (Wildman–Crippen MR) is 122 cm³/mol. The summed E-state index contributed by atoms with van der Waals surface area (Å²) in [6.07, 6.45) is -4.00. The minimum Gasteiger partial charge on any atom is -0.469 e. The highest BCUT2D eigenvalue weighted by molar-refractivity contribution is 5.72. The van der Waals surface area contributed by atoms with Gasteiger partial charge in [0, 0.05) is 12.6 Å². The summed E-state index contributed by atoms with van der Waals surface area (Å²) < 4.78 is 45.0. The Morgan fingerprint density at radius 1 is 1.03 bits per heavy atom.